The van der Waals surface area contributed by atoms with Crippen molar-refractivity contribution in [1.29, 1.82) is 5.26 Å². The van der Waals surface area contributed by atoms with Crippen LogP contribution in [0.5, 0.6) is 0 Å². The van der Waals surface area contributed by atoms with Crippen LogP contribution in [0.2, 0.25) is 0 Å². The minimum Gasteiger partial charge on any atom is -0.338 e. The van der Waals surface area contributed by atoms with Gasteiger partial charge >= 0.3 is 0 Å². The lowest BCUT2D eigenvalue weighted by molar-refractivity contribution is 0.0752. The average Bonchev–Trinajstić information content (AvgIpc) is 2.57. The number of carbonyl (C=O) groups is 1. The summed E-state index contributed by atoms with van der Waals surface area (Å²) < 4.78 is 26.1. The lowest BCUT2D eigenvalue weighted by atomic mass is 10.1. The van der Waals surface area contributed by atoms with E-state index in [2.05, 4.69) is 6.07 Å². The van der Waals surface area contributed by atoms with Crippen molar-refractivity contribution < 1.29 is 13.2 Å². The standard InChI is InChI=1S/C17H25N3O3S/c1-6-20(12-14(4)11-18)17(21)15-7-9-16(10-8-15)24(22,23)19(5)13(2)3/h7-10,13-14H,6,12H2,1-5H3/t14-/m1/s1. The fraction of sp³-hybridized carbons (Fsp3) is 0.529. The minimum atomic E-state index is -3.56. The Bertz CT molecular complexity index is 706. The zero-order valence-corrected chi connectivity index (χ0v) is 15.7. The van der Waals surface area contributed by atoms with Crippen molar-refractivity contribution >= 4 is 15.9 Å². The molecule has 6 nitrogen and oxygen atoms in total. The van der Waals surface area contributed by atoms with Gasteiger partial charge in [0.05, 0.1) is 16.9 Å². The fourth-order valence-corrected chi connectivity index (χ4v) is 3.49. The van der Waals surface area contributed by atoms with E-state index < -0.39 is 10.0 Å². The minimum absolute atomic E-state index is 0.153. The quantitative estimate of drug-likeness (QED) is 0.755. The van der Waals surface area contributed by atoms with Crippen LogP contribution in [-0.2, 0) is 10.0 Å². The normalized spacial score (nSPS) is 12.9. The van der Waals surface area contributed by atoms with Gasteiger partial charge in [-0.1, -0.05) is 0 Å². The molecule has 0 aliphatic rings. The van der Waals surface area contributed by atoms with E-state index in [0.29, 0.717) is 18.7 Å². The molecule has 0 unspecified atom stereocenters. The fourth-order valence-electron chi connectivity index (χ4n) is 2.12. The maximum atomic E-state index is 12.5. The number of sulfonamides is 1. The second-order valence-corrected chi connectivity index (χ2v) is 8.01. The van der Waals surface area contributed by atoms with E-state index >= 15 is 0 Å². The number of hydrogen-bond acceptors (Lipinski definition) is 4. The Labute approximate surface area is 144 Å². The van der Waals surface area contributed by atoms with Gasteiger partial charge in [0.25, 0.3) is 5.91 Å². The van der Waals surface area contributed by atoms with Crippen molar-refractivity contribution in [3.63, 3.8) is 0 Å². The first-order chi connectivity index (χ1) is 11.1. The Kier molecular flexibility index (Phi) is 6.93. The summed E-state index contributed by atoms with van der Waals surface area (Å²) in [6.45, 7) is 8.03. The van der Waals surface area contributed by atoms with Crippen LogP contribution in [0.15, 0.2) is 29.2 Å². The zero-order valence-electron chi connectivity index (χ0n) is 14.9. The SMILES string of the molecule is CCN(C[C@H](C)C#N)C(=O)c1ccc(S(=O)(=O)N(C)C(C)C)cc1. The van der Waals surface area contributed by atoms with E-state index in [1.54, 1.807) is 25.7 Å². The maximum absolute atomic E-state index is 12.5. The molecule has 24 heavy (non-hydrogen) atoms. The summed E-state index contributed by atoms with van der Waals surface area (Å²) in [4.78, 5) is 14.2. The molecule has 1 aromatic carbocycles. The summed E-state index contributed by atoms with van der Waals surface area (Å²) >= 11 is 0. The number of nitriles is 1. The maximum Gasteiger partial charge on any atom is 0.253 e. The average molecular weight is 351 g/mol. The number of nitrogens with zero attached hydrogens (tertiary/aromatic N) is 3. The molecular formula is C17H25N3O3S. The van der Waals surface area contributed by atoms with E-state index in [4.69, 9.17) is 5.26 Å². The van der Waals surface area contributed by atoms with Crippen molar-refractivity contribution in [2.75, 3.05) is 20.1 Å². The van der Waals surface area contributed by atoms with Crippen LogP contribution < -0.4 is 0 Å². The van der Waals surface area contributed by atoms with Crippen molar-refractivity contribution in [2.45, 2.75) is 38.6 Å². The number of rotatable bonds is 7. The van der Waals surface area contributed by atoms with Gasteiger partial charge in [0.15, 0.2) is 0 Å². The zero-order chi connectivity index (χ0) is 18.5. The Morgan fingerprint density at radius 3 is 2.17 bits per heavy atom. The smallest absolute Gasteiger partial charge is 0.253 e. The summed E-state index contributed by atoms with van der Waals surface area (Å²) in [5, 5.41) is 8.89. The van der Waals surface area contributed by atoms with Gasteiger partial charge in [0.1, 0.15) is 0 Å². The van der Waals surface area contributed by atoms with Gasteiger partial charge in [-0.05, 0) is 52.0 Å². The third kappa shape index (κ3) is 4.56. The summed E-state index contributed by atoms with van der Waals surface area (Å²) in [6.07, 6.45) is 0. The molecule has 0 aromatic heterocycles. The molecule has 7 heteroatoms. The highest BCUT2D eigenvalue weighted by Crippen LogP contribution is 2.18. The lowest BCUT2D eigenvalue weighted by Gasteiger charge is -2.23. The summed E-state index contributed by atoms with van der Waals surface area (Å²) in [6, 6.07) is 7.88. The topological polar surface area (TPSA) is 81.5 Å². The first-order valence-electron chi connectivity index (χ1n) is 7.92. The van der Waals surface area contributed by atoms with Gasteiger partial charge in [-0.15, -0.1) is 0 Å². The third-order valence-corrected chi connectivity index (χ3v) is 5.94. The molecule has 1 amide bonds. The van der Waals surface area contributed by atoms with Crippen molar-refractivity contribution in [3.8, 4) is 6.07 Å². The van der Waals surface area contributed by atoms with Crippen LogP contribution in [0, 0.1) is 17.2 Å². The molecule has 1 atom stereocenters. The second-order valence-electron chi connectivity index (χ2n) is 6.01. The molecule has 0 radical (unpaired) electrons. The number of amides is 1. The van der Waals surface area contributed by atoms with E-state index in [1.165, 1.54) is 35.6 Å². The molecule has 1 rings (SSSR count). The Balaban J connectivity index is 3.02. The van der Waals surface area contributed by atoms with Crippen molar-refractivity contribution in [1.82, 2.24) is 9.21 Å². The van der Waals surface area contributed by atoms with Crippen LogP contribution in [-0.4, -0.2) is 49.7 Å². The first-order valence-corrected chi connectivity index (χ1v) is 9.36. The van der Waals surface area contributed by atoms with Crippen molar-refractivity contribution in [2.24, 2.45) is 5.92 Å². The van der Waals surface area contributed by atoms with Gasteiger partial charge in [0.2, 0.25) is 10.0 Å². The molecule has 0 heterocycles. The number of carbonyl (C=O) groups excluding carboxylic acids is 1. The molecular weight excluding hydrogens is 326 g/mol. The molecule has 132 valence electrons. The Hall–Kier alpha value is -1.91. The molecule has 0 saturated carbocycles. The molecule has 0 N–H and O–H groups in total. The highest BCUT2D eigenvalue weighted by Gasteiger charge is 2.24. The largest absolute Gasteiger partial charge is 0.338 e. The molecule has 0 aliphatic carbocycles. The second kappa shape index (κ2) is 8.27. The number of hydrogen-bond donors (Lipinski definition) is 0. The highest BCUT2D eigenvalue weighted by molar-refractivity contribution is 7.89. The monoisotopic (exact) mass is 351 g/mol. The highest BCUT2D eigenvalue weighted by atomic mass is 32.2. The summed E-state index contributed by atoms with van der Waals surface area (Å²) in [5.41, 5.74) is 0.410. The summed E-state index contributed by atoms with van der Waals surface area (Å²) in [5.74, 6) is -0.464. The van der Waals surface area contributed by atoms with Gasteiger partial charge in [-0.2, -0.15) is 9.57 Å². The van der Waals surface area contributed by atoms with Crippen LogP contribution in [0.1, 0.15) is 38.1 Å². The molecule has 0 bridgehead atoms. The molecule has 0 saturated heterocycles. The van der Waals surface area contributed by atoms with Crippen LogP contribution in [0.4, 0.5) is 0 Å². The van der Waals surface area contributed by atoms with Gasteiger partial charge < -0.3 is 4.90 Å². The lowest BCUT2D eigenvalue weighted by Crippen LogP contribution is -2.34. The number of benzene rings is 1. The first kappa shape index (κ1) is 20.1. The van der Waals surface area contributed by atoms with Crippen LogP contribution >= 0.6 is 0 Å². The van der Waals surface area contributed by atoms with Gasteiger partial charge in [-0.3, -0.25) is 4.79 Å². The van der Waals surface area contributed by atoms with Crippen molar-refractivity contribution in [3.05, 3.63) is 29.8 Å². The van der Waals surface area contributed by atoms with Gasteiger partial charge in [-0.25, -0.2) is 8.42 Å². The summed E-state index contributed by atoms with van der Waals surface area (Å²) in [7, 11) is -2.04. The Morgan fingerprint density at radius 2 is 1.75 bits per heavy atom. The van der Waals surface area contributed by atoms with E-state index in [0.717, 1.165) is 0 Å². The third-order valence-electron chi connectivity index (χ3n) is 3.89. The van der Waals surface area contributed by atoms with Gasteiger partial charge in [0, 0.05) is 31.7 Å². The Morgan fingerprint density at radius 1 is 1.21 bits per heavy atom. The van der Waals surface area contributed by atoms with E-state index in [-0.39, 0.29) is 22.8 Å². The van der Waals surface area contributed by atoms with Crippen LogP contribution in [0.25, 0.3) is 0 Å². The molecule has 0 fully saturated rings. The predicted octanol–water partition coefficient (Wildman–Crippen LogP) is 2.34. The molecule has 0 spiro atoms. The molecule has 1 aromatic rings. The predicted molar refractivity (Wildman–Crippen MR) is 92.9 cm³/mol. The van der Waals surface area contributed by atoms with Crippen LogP contribution in [0.3, 0.4) is 0 Å². The molecule has 0 aliphatic heterocycles. The van der Waals surface area contributed by atoms with E-state index in [1.807, 2.05) is 6.92 Å². The van der Waals surface area contributed by atoms with E-state index in [9.17, 15) is 13.2 Å².